The van der Waals surface area contributed by atoms with Gasteiger partial charge in [-0.2, -0.15) is 0 Å². The molecule has 0 unspecified atom stereocenters. The number of nitrogens with one attached hydrogen (secondary N) is 1. The summed E-state index contributed by atoms with van der Waals surface area (Å²) in [6.45, 7) is 8.07. The van der Waals surface area contributed by atoms with Gasteiger partial charge in [-0.3, -0.25) is 9.69 Å². The lowest BCUT2D eigenvalue weighted by Gasteiger charge is -2.32. The standard InChI is InChI=1S/C20H27N3O3/c1-15-3-6-17(7-4-15)19-13-18(22-26-19)14-21-20(24)8-5-16(2)23-9-11-25-12-10-23/h3-4,6-7,13,16H,5,8-12,14H2,1-2H3,(H,21,24)/t16-/m0/s1. The van der Waals surface area contributed by atoms with Gasteiger partial charge in [-0.05, 0) is 20.3 Å². The monoisotopic (exact) mass is 357 g/mol. The van der Waals surface area contributed by atoms with Crippen LogP contribution in [0.2, 0.25) is 0 Å². The van der Waals surface area contributed by atoms with E-state index in [0.717, 1.165) is 49.7 Å². The fraction of sp³-hybridized carbons (Fsp3) is 0.500. The van der Waals surface area contributed by atoms with Crippen molar-refractivity contribution in [3.05, 3.63) is 41.6 Å². The van der Waals surface area contributed by atoms with E-state index in [1.807, 2.05) is 37.3 Å². The van der Waals surface area contributed by atoms with E-state index in [-0.39, 0.29) is 5.91 Å². The fourth-order valence-electron chi connectivity index (χ4n) is 3.07. The smallest absolute Gasteiger partial charge is 0.220 e. The third kappa shape index (κ3) is 5.16. The van der Waals surface area contributed by atoms with E-state index < -0.39 is 0 Å². The topological polar surface area (TPSA) is 67.6 Å². The molecule has 26 heavy (non-hydrogen) atoms. The van der Waals surface area contributed by atoms with E-state index in [4.69, 9.17) is 9.26 Å². The number of aryl methyl sites for hydroxylation is 1. The van der Waals surface area contributed by atoms with Gasteiger partial charge < -0.3 is 14.6 Å². The second-order valence-corrected chi connectivity index (χ2v) is 6.86. The van der Waals surface area contributed by atoms with Gasteiger partial charge in [0.1, 0.15) is 5.69 Å². The van der Waals surface area contributed by atoms with Gasteiger partial charge in [0.25, 0.3) is 0 Å². The number of carbonyl (C=O) groups is 1. The predicted octanol–water partition coefficient (Wildman–Crippen LogP) is 2.77. The summed E-state index contributed by atoms with van der Waals surface area (Å²) in [5.74, 6) is 0.764. The van der Waals surface area contributed by atoms with Crippen LogP contribution < -0.4 is 5.32 Å². The number of benzene rings is 1. The largest absolute Gasteiger partial charge is 0.379 e. The van der Waals surface area contributed by atoms with Crippen molar-refractivity contribution in [2.75, 3.05) is 26.3 Å². The molecule has 1 aliphatic rings. The first-order chi connectivity index (χ1) is 12.6. The minimum absolute atomic E-state index is 0.0463. The van der Waals surface area contributed by atoms with Crippen molar-refractivity contribution in [2.24, 2.45) is 0 Å². The van der Waals surface area contributed by atoms with Gasteiger partial charge in [-0.15, -0.1) is 0 Å². The number of morpholine rings is 1. The first-order valence-electron chi connectivity index (χ1n) is 9.23. The van der Waals surface area contributed by atoms with Crippen LogP contribution >= 0.6 is 0 Å². The number of amides is 1. The van der Waals surface area contributed by atoms with E-state index >= 15 is 0 Å². The summed E-state index contributed by atoms with van der Waals surface area (Å²) in [6, 6.07) is 10.4. The molecule has 2 aromatic rings. The SMILES string of the molecule is Cc1ccc(-c2cc(CNC(=O)CC[C@H](C)N3CCOCC3)no2)cc1. The number of rotatable bonds is 7. The van der Waals surface area contributed by atoms with E-state index in [1.165, 1.54) is 5.56 Å². The zero-order valence-corrected chi connectivity index (χ0v) is 15.5. The van der Waals surface area contributed by atoms with Crippen LogP contribution in [-0.2, 0) is 16.1 Å². The Morgan fingerprint density at radius 2 is 2.00 bits per heavy atom. The zero-order chi connectivity index (χ0) is 18.4. The number of carbonyl (C=O) groups excluding carboxylic acids is 1. The average Bonchev–Trinajstić information content (AvgIpc) is 3.14. The molecule has 1 saturated heterocycles. The summed E-state index contributed by atoms with van der Waals surface area (Å²) in [4.78, 5) is 14.5. The van der Waals surface area contributed by atoms with E-state index in [9.17, 15) is 4.79 Å². The molecule has 0 spiro atoms. The normalized spacial score (nSPS) is 16.4. The first-order valence-corrected chi connectivity index (χ1v) is 9.23. The molecule has 140 valence electrons. The van der Waals surface area contributed by atoms with Gasteiger partial charge in [0.2, 0.25) is 5.91 Å². The van der Waals surface area contributed by atoms with Crippen LogP contribution in [0.1, 0.15) is 31.0 Å². The molecular formula is C20H27N3O3. The molecule has 1 atom stereocenters. The third-order valence-corrected chi connectivity index (χ3v) is 4.82. The van der Waals surface area contributed by atoms with Crippen LogP contribution in [0.3, 0.4) is 0 Å². The molecule has 1 aromatic carbocycles. The van der Waals surface area contributed by atoms with Crippen molar-refractivity contribution in [1.82, 2.24) is 15.4 Å². The van der Waals surface area contributed by atoms with E-state index in [1.54, 1.807) is 0 Å². The lowest BCUT2D eigenvalue weighted by atomic mass is 10.1. The lowest BCUT2D eigenvalue weighted by Crippen LogP contribution is -2.42. The number of nitrogens with zero attached hydrogens (tertiary/aromatic N) is 2. The van der Waals surface area contributed by atoms with Crippen molar-refractivity contribution in [3.63, 3.8) is 0 Å². The fourth-order valence-corrected chi connectivity index (χ4v) is 3.07. The average molecular weight is 357 g/mol. The minimum Gasteiger partial charge on any atom is -0.379 e. The Hall–Kier alpha value is -2.18. The molecule has 3 rings (SSSR count). The van der Waals surface area contributed by atoms with Crippen LogP contribution in [0, 0.1) is 6.92 Å². The van der Waals surface area contributed by atoms with Crippen LogP contribution in [0.5, 0.6) is 0 Å². The maximum absolute atomic E-state index is 12.1. The molecule has 0 aliphatic carbocycles. The summed E-state index contributed by atoms with van der Waals surface area (Å²) >= 11 is 0. The highest BCUT2D eigenvalue weighted by Crippen LogP contribution is 2.20. The van der Waals surface area contributed by atoms with Gasteiger partial charge in [-0.1, -0.05) is 35.0 Å². The summed E-state index contributed by atoms with van der Waals surface area (Å²) in [5.41, 5.74) is 2.92. The van der Waals surface area contributed by atoms with Gasteiger partial charge >= 0.3 is 0 Å². The van der Waals surface area contributed by atoms with Crippen LogP contribution in [0.4, 0.5) is 0 Å². The van der Waals surface area contributed by atoms with Crippen molar-refractivity contribution in [1.29, 1.82) is 0 Å². The Morgan fingerprint density at radius 3 is 2.73 bits per heavy atom. The maximum atomic E-state index is 12.1. The molecule has 0 saturated carbocycles. The summed E-state index contributed by atoms with van der Waals surface area (Å²) < 4.78 is 10.7. The van der Waals surface area contributed by atoms with Gasteiger partial charge in [0.15, 0.2) is 5.76 Å². The Labute approximate surface area is 154 Å². The molecule has 1 fully saturated rings. The van der Waals surface area contributed by atoms with Crippen LogP contribution in [0.25, 0.3) is 11.3 Å². The second-order valence-electron chi connectivity index (χ2n) is 6.86. The summed E-state index contributed by atoms with van der Waals surface area (Å²) in [7, 11) is 0. The Balaban J connectivity index is 1.42. The molecular weight excluding hydrogens is 330 g/mol. The van der Waals surface area contributed by atoms with Gasteiger partial charge in [0.05, 0.1) is 19.8 Å². The highest BCUT2D eigenvalue weighted by molar-refractivity contribution is 5.75. The number of ether oxygens (including phenoxy) is 1. The highest BCUT2D eigenvalue weighted by Gasteiger charge is 2.17. The molecule has 1 aromatic heterocycles. The predicted molar refractivity (Wildman–Crippen MR) is 99.6 cm³/mol. The van der Waals surface area contributed by atoms with E-state index in [2.05, 4.69) is 22.3 Å². The van der Waals surface area contributed by atoms with Crippen LogP contribution in [0.15, 0.2) is 34.9 Å². The molecule has 2 heterocycles. The van der Waals surface area contributed by atoms with Crippen molar-refractivity contribution < 1.29 is 14.1 Å². The molecule has 6 nitrogen and oxygen atoms in total. The second kappa shape index (κ2) is 8.96. The van der Waals surface area contributed by atoms with Crippen molar-refractivity contribution in [3.8, 4) is 11.3 Å². The Kier molecular flexibility index (Phi) is 6.41. The summed E-state index contributed by atoms with van der Waals surface area (Å²) in [6.07, 6.45) is 1.36. The number of hydrogen-bond acceptors (Lipinski definition) is 5. The highest BCUT2D eigenvalue weighted by atomic mass is 16.5. The molecule has 6 heteroatoms. The first kappa shape index (κ1) is 18.6. The molecule has 0 radical (unpaired) electrons. The molecule has 1 aliphatic heterocycles. The van der Waals surface area contributed by atoms with Crippen molar-refractivity contribution in [2.45, 2.75) is 39.3 Å². The third-order valence-electron chi connectivity index (χ3n) is 4.82. The van der Waals surface area contributed by atoms with Crippen LogP contribution in [-0.4, -0.2) is 48.3 Å². The zero-order valence-electron chi connectivity index (χ0n) is 15.5. The van der Waals surface area contributed by atoms with Gasteiger partial charge in [-0.25, -0.2) is 0 Å². The quantitative estimate of drug-likeness (QED) is 0.825. The summed E-state index contributed by atoms with van der Waals surface area (Å²) in [5, 5.41) is 6.97. The van der Waals surface area contributed by atoms with Gasteiger partial charge in [0, 0.05) is 37.2 Å². The van der Waals surface area contributed by atoms with E-state index in [0.29, 0.717) is 19.0 Å². The molecule has 1 N–H and O–H groups in total. The Bertz CT molecular complexity index is 705. The number of hydrogen-bond donors (Lipinski definition) is 1. The molecule has 0 bridgehead atoms. The minimum atomic E-state index is 0.0463. The molecule has 1 amide bonds. The lowest BCUT2D eigenvalue weighted by molar-refractivity contribution is -0.121. The number of aromatic nitrogens is 1. The maximum Gasteiger partial charge on any atom is 0.220 e. The van der Waals surface area contributed by atoms with Crippen molar-refractivity contribution >= 4 is 5.91 Å². The Morgan fingerprint density at radius 1 is 1.27 bits per heavy atom.